The first-order valence-corrected chi connectivity index (χ1v) is 6.64. The largest absolute Gasteiger partial charge is 0.465 e. The van der Waals surface area contributed by atoms with E-state index in [2.05, 4.69) is 4.74 Å². The first-order valence-electron chi connectivity index (χ1n) is 6.64. The molecule has 0 aromatic heterocycles. The van der Waals surface area contributed by atoms with Crippen LogP contribution >= 0.6 is 0 Å². The second-order valence-electron chi connectivity index (χ2n) is 4.82. The van der Waals surface area contributed by atoms with Gasteiger partial charge in [0, 0.05) is 31.4 Å². The van der Waals surface area contributed by atoms with E-state index in [1.165, 1.54) is 19.2 Å². The van der Waals surface area contributed by atoms with Crippen LogP contribution in [0, 0.1) is 10.1 Å². The Morgan fingerprint density at radius 2 is 1.73 bits per heavy atom. The smallest absolute Gasteiger partial charge is 0.337 e. The Morgan fingerprint density at radius 1 is 1.14 bits per heavy atom. The number of carbonyl (C=O) groups excluding carboxylic acids is 1. The van der Waals surface area contributed by atoms with Gasteiger partial charge in [-0.2, -0.15) is 0 Å². The Balaban J connectivity index is 2.06. The lowest BCUT2D eigenvalue weighted by Gasteiger charge is -2.19. The maximum atomic E-state index is 11.4. The van der Waals surface area contributed by atoms with Gasteiger partial charge in [-0.3, -0.25) is 10.1 Å². The van der Waals surface area contributed by atoms with Gasteiger partial charge in [-0.25, -0.2) is 4.79 Å². The first-order chi connectivity index (χ1) is 10.5. The number of anilines is 1. The van der Waals surface area contributed by atoms with Gasteiger partial charge in [0.05, 0.1) is 17.6 Å². The lowest BCUT2D eigenvalue weighted by atomic mass is 10.1. The molecule has 0 amide bonds. The van der Waals surface area contributed by atoms with Gasteiger partial charge in [-0.05, 0) is 29.8 Å². The Morgan fingerprint density at radius 3 is 2.23 bits per heavy atom. The summed E-state index contributed by atoms with van der Waals surface area (Å²) in [6, 6.07) is 13.5. The van der Waals surface area contributed by atoms with E-state index in [1.807, 2.05) is 24.1 Å². The number of esters is 1. The summed E-state index contributed by atoms with van der Waals surface area (Å²) in [7, 11) is 3.26. The van der Waals surface area contributed by atoms with Crippen LogP contribution in [-0.4, -0.2) is 25.1 Å². The van der Waals surface area contributed by atoms with Crippen molar-refractivity contribution in [1.82, 2.24) is 0 Å². The molecule has 2 aromatic carbocycles. The fourth-order valence-corrected chi connectivity index (χ4v) is 2.06. The summed E-state index contributed by atoms with van der Waals surface area (Å²) >= 11 is 0. The average Bonchev–Trinajstić information content (AvgIpc) is 2.54. The van der Waals surface area contributed by atoms with E-state index < -0.39 is 4.92 Å². The SMILES string of the molecule is COC(=O)c1ccc(N(C)Cc2ccc([N+](=O)[O-])cc2)cc1. The highest BCUT2D eigenvalue weighted by Crippen LogP contribution is 2.18. The molecular weight excluding hydrogens is 284 g/mol. The van der Waals surface area contributed by atoms with Crippen LogP contribution in [0.15, 0.2) is 48.5 Å². The summed E-state index contributed by atoms with van der Waals surface area (Å²) in [5.74, 6) is -0.371. The topological polar surface area (TPSA) is 72.7 Å². The number of nitro groups is 1. The molecule has 2 aromatic rings. The molecule has 0 unspecified atom stereocenters. The maximum Gasteiger partial charge on any atom is 0.337 e. The van der Waals surface area contributed by atoms with Crippen molar-refractivity contribution in [2.75, 3.05) is 19.1 Å². The third-order valence-corrected chi connectivity index (χ3v) is 3.30. The predicted molar refractivity (Wildman–Crippen MR) is 83.0 cm³/mol. The quantitative estimate of drug-likeness (QED) is 0.482. The van der Waals surface area contributed by atoms with Gasteiger partial charge in [-0.15, -0.1) is 0 Å². The summed E-state index contributed by atoms with van der Waals surface area (Å²) in [6.45, 7) is 0.607. The van der Waals surface area contributed by atoms with Crippen LogP contribution in [0.5, 0.6) is 0 Å². The zero-order valence-corrected chi connectivity index (χ0v) is 12.4. The Labute approximate surface area is 128 Å². The van der Waals surface area contributed by atoms with Crippen LogP contribution in [0.4, 0.5) is 11.4 Å². The fraction of sp³-hybridized carbons (Fsp3) is 0.188. The number of methoxy groups -OCH3 is 1. The Bertz CT molecular complexity index is 666. The summed E-state index contributed by atoms with van der Waals surface area (Å²) < 4.78 is 4.66. The molecule has 0 spiro atoms. The van der Waals surface area contributed by atoms with Crippen LogP contribution < -0.4 is 4.90 Å². The summed E-state index contributed by atoms with van der Waals surface area (Å²) in [5.41, 5.74) is 2.47. The van der Waals surface area contributed by atoms with Crippen LogP contribution in [0.2, 0.25) is 0 Å². The molecule has 6 heteroatoms. The van der Waals surface area contributed by atoms with E-state index in [9.17, 15) is 14.9 Å². The van der Waals surface area contributed by atoms with Crippen molar-refractivity contribution in [2.24, 2.45) is 0 Å². The van der Waals surface area contributed by atoms with E-state index in [0.29, 0.717) is 12.1 Å². The maximum absolute atomic E-state index is 11.4. The van der Waals surface area contributed by atoms with Crippen molar-refractivity contribution in [3.63, 3.8) is 0 Å². The normalized spacial score (nSPS) is 10.1. The Hall–Kier alpha value is -2.89. The van der Waals surface area contributed by atoms with E-state index in [4.69, 9.17) is 0 Å². The number of rotatable bonds is 5. The molecule has 0 bridgehead atoms. The molecule has 0 atom stereocenters. The van der Waals surface area contributed by atoms with E-state index >= 15 is 0 Å². The minimum atomic E-state index is -0.418. The number of benzene rings is 2. The van der Waals surface area contributed by atoms with Gasteiger partial charge in [0.1, 0.15) is 0 Å². The molecule has 0 aliphatic rings. The van der Waals surface area contributed by atoms with Crippen molar-refractivity contribution in [2.45, 2.75) is 6.54 Å². The second kappa shape index (κ2) is 6.71. The number of hydrogen-bond donors (Lipinski definition) is 0. The molecule has 0 aliphatic heterocycles. The van der Waals surface area contributed by atoms with Gasteiger partial charge in [0.25, 0.3) is 5.69 Å². The lowest BCUT2D eigenvalue weighted by molar-refractivity contribution is -0.384. The molecular formula is C16H16N2O4. The monoisotopic (exact) mass is 300 g/mol. The van der Waals surface area contributed by atoms with E-state index in [1.54, 1.807) is 24.3 Å². The number of nitrogens with zero attached hydrogens (tertiary/aromatic N) is 2. The van der Waals surface area contributed by atoms with Crippen molar-refractivity contribution >= 4 is 17.3 Å². The highest BCUT2D eigenvalue weighted by atomic mass is 16.6. The third-order valence-electron chi connectivity index (χ3n) is 3.30. The zero-order valence-electron chi connectivity index (χ0n) is 12.4. The molecule has 0 saturated heterocycles. The van der Waals surface area contributed by atoms with Gasteiger partial charge >= 0.3 is 5.97 Å². The van der Waals surface area contributed by atoms with Crippen LogP contribution in [0.25, 0.3) is 0 Å². The standard InChI is InChI=1S/C16H16N2O4/c1-17(11-12-3-7-15(8-4-12)18(20)21)14-9-5-13(6-10-14)16(19)22-2/h3-10H,11H2,1-2H3. The minimum Gasteiger partial charge on any atom is -0.465 e. The average molecular weight is 300 g/mol. The molecule has 0 saturated carbocycles. The highest BCUT2D eigenvalue weighted by molar-refractivity contribution is 5.89. The van der Waals surface area contributed by atoms with Gasteiger partial charge < -0.3 is 9.64 Å². The lowest BCUT2D eigenvalue weighted by Crippen LogP contribution is -2.16. The fourth-order valence-electron chi connectivity index (χ4n) is 2.06. The van der Waals surface area contributed by atoms with Gasteiger partial charge in [0.2, 0.25) is 0 Å². The second-order valence-corrected chi connectivity index (χ2v) is 4.82. The molecule has 0 heterocycles. The molecule has 6 nitrogen and oxygen atoms in total. The molecule has 0 aliphatic carbocycles. The van der Waals surface area contributed by atoms with Crippen LogP contribution in [0.3, 0.4) is 0 Å². The Kier molecular flexibility index (Phi) is 4.73. The minimum absolute atomic E-state index is 0.0776. The van der Waals surface area contributed by atoms with Crippen LogP contribution in [-0.2, 0) is 11.3 Å². The first kappa shape index (κ1) is 15.5. The molecule has 0 radical (unpaired) electrons. The number of non-ortho nitro benzene ring substituents is 1. The van der Waals surface area contributed by atoms with E-state index in [-0.39, 0.29) is 11.7 Å². The number of ether oxygens (including phenoxy) is 1. The molecule has 0 N–H and O–H groups in total. The summed E-state index contributed by atoms with van der Waals surface area (Å²) in [6.07, 6.45) is 0. The zero-order chi connectivity index (χ0) is 16.1. The van der Waals surface area contributed by atoms with Gasteiger partial charge in [0.15, 0.2) is 0 Å². The summed E-state index contributed by atoms with van der Waals surface area (Å²) in [4.78, 5) is 23.6. The van der Waals surface area contributed by atoms with Crippen molar-refractivity contribution in [3.05, 3.63) is 69.8 Å². The molecule has 22 heavy (non-hydrogen) atoms. The molecule has 0 fully saturated rings. The molecule has 114 valence electrons. The van der Waals surface area contributed by atoms with E-state index in [0.717, 1.165) is 11.3 Å². The number of carbonyl (C=O) groups is 1. The highest BCUT2D eigenvalue weighted by Gasteiger charge is 2.08. The van der Waals surface area contributed by atoms with Crippen molar-refractivity contribution < 1.29 is 14.5 Å². The van der Waals surface area contributed by atoms with Crippen LogP contribution in [0.1, 0.15) is 15.9 Å². The third kappa shape index (κ3) is 3.60. The van der Waals surface area contributed by atoms with Gasteiger partial charge in [-0.1, -0.05) is 12.1 Å². The number of nitro benzene ring substituents is 1. The summed E-state index contributed by atoms with van der Waals surface area (Å²) in [5, 5.41) is 10.6. The molecule has 2 rings (SSSR count). The number of hydrogen-bond acceptors (Lipinski definition) is 5. The van der Waals surface area contributed by atoms with Crippen molar-refractivity contribution in [3.8, 4) is 0 Å². The van der Waals surface area contributed by atoms with Crippen molar-refractivity contribution in [1.29, 1.82) is 0 Å². The predicted octanol–water partition coefficient (Wildman–Crippen LogP) is 3.02.